The van der Waals surface area contributed by atoms with Crippen molar-refractivity contribution in [2.45, 2.75) is 6.92 Å². The van der Waals surface area contributed by atoms with Crippen LogP contribution < -0.4 is 10.6 Å². The molecule has 2 N–H and O–H groups in total. The third-order valence-electron chi connectivity index (χ3n) is 3.84. The monoisotopic (exact) mass is 366 g/mol. The van der Waals surface area contributed by atoms with E-state index in [1.54, 1.807) is 43.3 Å². The highest BCUT2D eigenvalue weighted by atomic mass is 35.5. The Labute approximate surface area is 155 Å². The second-order valence-corrected chi connectivity index (χ2v) is 6.04. The second-order valence-electron chi connectivity index (χ2n) is 5.63. The lowest BCUT2D eigenvalue weighted by molar-refractivity contribution is -0.115. The van der Waals surface area contributed by atoms with Crippen LogP contribution in [0.4, 0.5) is 5.69 Å². The van der Waals surface area contributed by atoms with E-state index >= 15 is 0 Å². The fourth-order valence-electron chi connectivity index (χ4n) is 2.56. The molecule has 130 valence electrons. The molecular formula is C20H15ClN2O3. The topological polar surface area (TPSA) is 71.3 Å². The van der Waals surface area contributed by atoms with Gasteiger partial charge in [-0.05, 0) is 31.2 Å². The van der Waals surface area contributed by atoms with Crippen molar-refractivity contribution in [3.05, 3.63) is 64.4 Å². The third-order valence-corrected chi connectivity index (χ3v) is 4.14. The van der Waals surface area contributed by atoms with Gasteiger partial charge in [0.15, 0.2) is 11.3 Å². The summed E-state index contributed by atoms with van der Waals surface area (Å²) < 4.78 is 5.57. The minimum absolute atomic E-state index is 0.134. The van der Waals surface area contributed by atoms with Crippen molar-refractivity contribution in [3.8, 4) is 12.3 Å². The number of hydrogen-bond donors (Lipinski definition) is 2. The highest BCUT2D eigenvalue weighted by Crippen LogP contribution is 2.30. The van der Waals surface area contributed by atoms with Crippen molar-refractivity contribution in [3.63, 3.8) is 0 Å². The first-order valence-corrected chi connectivity index (χ1v) is 8.19. The molecule has 0 aliphatic heterocycles. The van der Waals surface area contributed by atoms with E-state index in [9.17, 15) is 9.59 Å². The van der Waals surface area contributed by atoms with Crippen LogP contribution in [0, 0.1) is 19.3 Å². The van der Waals surface area contributed by atoms with Crippen molar-refractivity contribution in [2.75, 3.05) is 11.9 Å². The van der Waals surface area contributed by atoms with Gasteiger partial charge in [-0.2, -0.15) is 0 Å². The van der Waals surface area contributed by atoms with Gasteiger partial charge in [0.2, 0.25) is 5.91 Å². The maximum absolute atomic E-state index is 12.3. The number of amides is 2. The van der Waals surface area contributed by atoms with Gasteiger partial charge in [-0.25, -0.2) is 0 Å². The number of furan rings is 1. The Morgan fingerprint density at radius 2 is 2.00 bits per heavy atom. The average Bonchev–Trinajstić information content (AvgIpc) is 2.98. The van der Waals surface area contributed by atoms with Crippen molar-refractivity contribution in [2.24, 2.45) is 0 Å². The molecule has 2 aromatic carbocycles. The molecule has 0 aliphatic carbocycles. The predicted molar refractivity (Wildman–Crippen MR) is 101 cm³/mol. The minimum Gasteiger partial charge on any atom is -0.449 e. The number of para-hydroxylation sites is 1. The van der Waals surface area contributed by atoms with Gasteiger partial charge in [-0.1, -0.05) is 35.7 Å². The Morgan fingerprint density at radius 1 is 1.23 bits per heavy atom. The summed E-state index contributed by atoms with van der Waals surface area (Å²) in [4.78, 5) is 24.4. The molecule has 0 aliphatic rings. The summed E-state index contributed by atoms with van der Waals surface area (Å²) in [6, 6.07) is 12.2. The maximum atomic E-state index is 12.3. The van der Waals surface area contributed by atoms with E-state index in [0.717, 1.165) is 5.39 Å². The van der Waals surface area contributed by atoms with Crippen LogP contribution in [0.1, 0.15) is 21.7 Å². The number of carbonyl (C=O) groups is 2. The zero-order chi connectivity index (χ0) is 18.7. The van der Waals surface area contributed by atoms with Crippen molar-refractivity contribution >= 4 is 40.1 Å². The van der Waals surface area contributed by atoms with Gasteiger partial charge < -0.3 is 15.1 Å². The Kier molecular flexibility index (Phi) is 4.97. The molecule has 6 heteroatoms. The SMILES string of the molecule is C#Cc1cccc(NC(=O)CNC(=O)c2oc3c(Cl)cccc3c2C)c1. The van der Waals surface area contributed by atoms with E-state index in [1.807, 2.05) is 6.07 Å². The van der Waals surface area contributed by atoms with Crippen LogP contribution in [0.2, 0.25) is 5.02 Å². The second kappa shape index (κ2) is 7.34. The molecule has 0 atom stereocenters. The number of benzene rings is 2. The molecule has 2 amide bonds. The molecule has 0 unspecified atom stereocenters. The number of anilines is 1. The molecule has 0 saturated heterocycles. The van der Waals surface area contributed by atoms with Gasteiger partial charge in [0, 0.05) is 22.2 Å². The molecule has 0 fully saturated rings. The molecular weight excluding hydrogens is 352 g/mol. The van der Waals surface area contributed by atoms with Crippen molar-refractivity contribution < 1.29 is 14.0 Å². The lowest BCUT2D eigenvalue weighted by Gasteiger charge is -2.07. The Morgan fingerprint density at radius 3 is 2.73 bits per heavy atom. The van der Waals surface area contributed by atoms with E-state index in [0.29, 0.717) is 27.4 Å². The molecule has 0 saturated carbocycles. The molecule has 5 nitrogen and oxygen atoms in total. The number of rotatable bonds is 4. The highest BCUT2D eigenvalue weighted by molar-refractivity contribution is 6.35. The van der Waals surface area contributed by atoms with Gasteiger partial charge >= 0.3 is 0 Å². The summed E-state index contributed by atoms with van der Waals surface area (Å²) in [5, 5.41) is 6.40. The zero-order valence-electron chi connectivity index (χ0n) is 13.9. The molecule has 0 radical (unpaired) electrons. The van der Waals surface area contributed by atoms with Crippen LogP contribution in [0.25, 0.3) is 11.0 Å². The molecule has 0 spiro atoms. The number of aryl methyl sites for hydroxylation is 1. The average molecular weight is 367 g/mol. The van der Waals surface area contributed by atoms with E-state index in [-0.39, 0.29) is 18.2 Å². The smallest absolute Gasteiger partial charge is 0.287 e. The van der Waals surface area contributed by atoms with Crippen LogP contribution in [0.15, 0.2) is 46.9 Å². The molecule has 1 heterocycles. The third kappa shape index (κ3) is 3.56. The first-order valence-electron chi connectivity index (χ1n) is 7.82. The van der Waals surface area contributed by atoms with Crippen LogP contribution in [0.3, 0.4) is 0 Å². The van der Waals surface area contributed by atoms with Crippen LogP contribution in [-0.4, -0.2) is 18.4 Å². The molecule has 26 heavy (non-hydrogen) atoms. The van der Waals surface area contributed by atoms with Crippen molar-refractivity contribution in [1.82, 2.24) is 5.32 Å². The van der Waals surface area contributed by atoms with Crippen LogP contribution in [-0.2, 0) is 4.79 Å². The number of terminal acetylenes is 1. The molecule has 3 rings (SSSR count). The number of nitrogens with one attached hydrogen (secondary N) is 2. The van der Waals surface area contributed by atoms with Gasteiger partial charge in [-0.3, -0.25) is 9.59 Å². The summed E-state index contributed by atoms with van der Waals surface area (Å²) >= 11 is 6.09. The summed E-state index contributed by atoms with van der Waals surface area (Å²) in [6.45, 7) is 1.56. The standard InChI is InChI=1S/C20H15ClN2O3/c1-3-13-6-4-7-14(10-13)23-17(24)11-22-20(25)18-12(2)15-8-5-9-16(21)19(15)26-18/h1,4-10H,11H2,2H3,(H,22,25)(H,23,24). The highest BCUT2D eigenvalue weighted by Gasteiger charge is 2.19. The van der Waals surface area contributed by atoms with E-state index in [1.165, 1.54) is 0 Å². The summed E-state index contributed by atoms with van der Waals surface area (Å²) in [5.41, 5.74) is 2.34. The molecule has 3 aromatic rings. The van der Waals surface area contributed by atoms with E-state index in [4.69, 9.17) is 22.4 Å². The largest absolute Gasteiger partial charge is 0.449 e. The fraction of sp³-hybridized carbons (Fsp3) is 0.100. The van der Waals surface area contributed by atoms with Gasteiger partial charge in [-0.15, -0.1) is 6.42 Å². The number of halogens is 1. The quantitative estimate of drug-likeness (QED) is 0.691. The summed E-state index contributed by atoms with van der Waals surface area (Å²) in [5.74, 6) is 1.77. The molecule has 1 aromatic heterocycles. The van der Waals surface area contributed by atoms with Crippen LogP contribution >= 0.6 is 11.6 Å². The first kappa shape index (κ1) is 17.6. The Balaban J connectivity index is 1.67. The molecule has 0 bridgehead atoms. The van der Waals surface area contributed by atoms with Gasteiger partial charge in [0.05, 0.1) is 11.6 Å². The fourth-order valence-corrected chi connectivity index (χ4v) is 2.77. The summed E-state index contributed by atoms with van der Waals surface area (Å²) in [6.07, 6.45) is 5.33. The van der Waals surface area contributed by atoms with E-state index in [2.05, 4.69) is 16.6 Å². The Bertz CT molecular complexity index is 1050. The number of fused-ring (bicyclic) bond motifs is 1. The van der Waals surface area contributed by atoms with Crippen molar-refractivity contribution in [1.29, 1.82) is 0 Å². The van der Waals surface area contributed by atoms with Gasteiger partial charge in [0.1, 0.15) is 0 Å². The number of hydrogen-bond acceptors (Lipinski definition) is 3. The summed E-state index contributed by atoms with van der Waals surface area (Å²) in [7, 11) is 0. The number of carbonyl (C=O) groups excluding carboxylic acids is 2. The first-order chi connectivity index (χ1) is 12.5. The minimum atomic E-state index is -0.484. The zero-order valence-corrected chi connectivity index (χ0v) is 14.7. The Hall–Kier alpha value is -3.23. The van der Waals surface area contributed by atoms with Crippen LogP contribution in [0.5, 0.6) is 0 Å². The lowest BCUT2D eigenvalue weighted by Crippen LogP contribution is -2.32. The maximum Gasteiger partial charge on any atom is 0.287 e. The predicted octanol–water partition coefficient (Wildman–Crippen LogP) is 3.74. The normalized spacial score (nSPS) is 10.3. The van der Waals surface area contributed by atoms with Gasteiger partial charge in [0.25, 0.3) is 5.91 Å². The lowest BCUT2D eigenvalue weighted by atomic mass is 10.1. The van der Waals surface area contributed by atoms with E-state index < -0.39 is 5.91 Å².